The molecule has 0 spiro atoms. The zero-order valence-corrected chi connectivity index (χ0v) is 11.6. The first-order valence-electron chi connectivity index (χ1n) is 6.49. The number of fused-ring (bicyclic) bond motifs is 2. The molecule has 0 aliphatic carbocycles. The van der Waals surface area contributed by atoms with E-state index in [0.717, 1.165) is 11.3 Å². The van der Waals surface area contributed by atoms with Gasteiger partial charge in [0, 0.05) is 11.6 Å². The Balaban J connectivity index is 1.96. The van der Waals surface area contributed by atoms with Crippen LogP contribution in [0.2, 0.25) is 5.02 Å². The Hall–Kier alpha value is -2.27. The van der Waals surface area contributed by atoms with Crippen molar-refractivity contribution in [2.24, 2.45) is 0 Å². The van der Waals surface area contributed by atoms with Crippen molar-refractivity contribution in [3.05, 3.63) is 52.8 Å². The van der Waals surface area contributed by atoms with E-state index in [1.54, 1.807) is 4.57 Å². The van der Waals surface area contributed by atoms with E-state index in [2.05, 4.69) is 4.98 Å². The lowest BCUT2D eigenvalue weighted by Gasteiger charge is -2.14. The molecule has 21 heavy (non-hydrogen) atoms. The Labute approximate surface area is 124 Å². The zero-order chi connectivity index (χ0) is 14.6. The van der Waals surface area contributed by atoms with Crippen molar-refractivity contribution < 1.29 is 9.13 Å². The fourth-order valence-corrected chi connectivity index (χ4v) is 2.95. The Morgan fingerprint density at radius 2 is 2.14 bits per heavy atom. The van der Waals surface area contributed by atoms with Gasteiger partial charge in [0.05, 0.1) is 22.1 Å². The van der Waals surface area contributed by atoms with E-state index in [9.17, 15) is 4.39 Å². The van der Waals surface area contributed by atoms with Crippen LogP contribution in [-0.2, 0) is 0 Å². The molecular formula is C15H11ClFN3O. The van der Waals surface area contributed by atoms with E-state index >= 15 is 0 Å². The molecule has 1 aliphatic heterocycles. The lowest BCUT2D eigenvalue weighted by molar-refractivity contribution is 0.320. The fourth-order valence-electron chi connectivity index (χ4n) is 2.80. The summed E-state index contributed by atoms with van der Waals surface area (Å²) in [6.45, 7) is 0.444. The highest BCUT2D eigenvalue weighted by atomic mass is 35.5. The third-order valence-corrected chi connectivity index (χ3v) is 4.03. The molecule has 0 amide bonds. The number of aromatic nitrogens is 2. The average molecular weight is 304 g/mol. The summed E-state index contributed by atoms with van der Waals surface area (Å²) in [5, 5.41) is 0.0372. The molecule has 1 aromatic heterocycles. The van der Waals surface area contributed by atoms with Crippen LogP contribution in [0.5, 0.6) is 5.75 Å². The largest absolute Gasteiger partial charge is 0.491 e. The number of ether oxygens (including phenoxy) is 1. The molecular weight excluding hydrogens is 293 g/mol. The number of halogens is 2. The maximum absolute atomic E-state index is 13.8. The molecule has 4 nitrogen and oxygen atoms in total. The molecule has 106 valence electrons. The second kappa shape index (κ2) is 4.36. The molecule has 3 aromatic rings. The number of nitrogens with zero attached hydrogens (tertiary/aromatic N) is 2. The van der Waals surface area contributed by atoms with Crippen molar-refractivity contribution in [2.75, 3.05) is 12.3 Å². The van der Waals surface area contributed by atoms with E-state index in [4.69, 9.17) is 22.1 Å². The predicted molar refractivity (Wildman–Crippen MR) is 79.2 cm³/mol. The second-order valence-electron chi connectivity index (χ2n) is 4.96. The van der Waals surface area contributed by atoms with Crippen LogP contribution >= 0.6 is 11.6 Å². The van der Waals surface area contributed by atoms with Gasteiger partial charge in [0.25, 0.3) is 0 Å². The summed E-state index contributed by atoms with van der Waals surface area (Å²) in [7, 11) is 0. The number of nitrogen functional groups attached to an aromatic ring is 1. The summed E-state index contributed by atoms with van der Waals surface area (Å²) in [6, 6.07) is 10.5. The first-order valence-corrected chi connectivity index (χ1v) is 6.87. The number of rotatable bonds is 1. The van der Waals surface area contributed by atoms with Crippen LogP contribution in [0.15, 0.2) is 36.4 Å². The summed E-state index contributed by atoms with van der Waals surface area (Å²) in [6.07, 6.45) is 0. The monoisotopic (exact) mass is 303 g/mol. The normalized spacial score (nSPS) is 17.0. The highest BCUT2D eigenvalue weighted by Crippen LogP contribution is 2.38. The van der Waals surface area contributed by atoms with E-state index in [0.29, 0.717) is 23.6 Å². The second-order valence-corrected chi connectivity index (χ2v) is 5.37. The SMILES string of the molecule is Nc1nc2cc(Cl)c(F)cc2n1C1COc2ccccc21. The van der Waals surface area contributed by atoms with Crippen LogP contribution in [0.1, 0.15) is 11.6 Å². The van der Waals surface area contributed by atoms with Gasteiger partial charge in [-0.05, 0) is 12.1 Å². The Morgan fingerprint density at radius 3 is 3.00 bits per heavy atom. The van der Waals surface area contributed by atoms with Gasteiger partial charge in [-0.1, -0.05) is 29.8 Å². The minimum absolute atomic E-state index is 0.0372. The van der Waals surface area contributed by atoms with E-state index < -0.39 is 5.82 Å². The van der Waals surface area contributed by atoms with Crippen molar-refractivity contribution in [1.29, 1.82) is 0 Å². The zero-order valence-electron chi connectivity index (χ0n) is 10.9. The van der Waals surface area contributed by atoms with Crippen molar-refractivity contribution >= 4 is 28.6 Å². The summed E-state index contributed by atoms with van der Waals surface area (Å²) in [4.78, 5) is 4.27. The molecule has 2 N–H and O–H groups in total. The first kappa shape index (κ1) is 12.5. The van der Waals surface area contributed by atoms with Gasteiger partial charge >= 0.3 is 0 Å². The molecule has 1 unspecified atom stereocenters. The van der Waals surface area contributed by atoms with Gasteiger partial charge in [-0.2, -0.15) is 0 Å². The number of imidazole rings is 1. The molecule has 1 aliphatic rings. The third-order valence-electron chi connectivity index (χ3n) is 3.75. The third kappa shape index (κ3) is 1.77. The van der Waals surface area contributed by atoms with Crippen molar-refractivity contribution in [3.8, 4) is 5.75 Å². The van der Waals surface area contributed by atoms with Gasteiger partial charge in [0.2, 0.25) is 5.95 Å². The highest BCUT2D eigenvalue weighted by molar-refractivity contribution is 6.31. The fraction of sp³-hybridized carbons (Fsp3) is 0.133. The van der Waals surface area contributed by atoms with Crippen molar-refractivity contribution in [3.63, 3.8) is 0 Å². The molecule has 1 atom stereocenters. The number of para-hydroxylation sites is 1. The van der Waals surface area contributed by atoms with Crippen LogP contribution in [0.3, 0.4) is 0 Å². The van der Waals surface area contributed by atoms with Crippen molar-refractivity contribution in [1.82, 2.24) is 9.55 Å². The van der Waals surface area contributed by atoms with Crippen LogP contribution in [0, 0.1) is 5.82 Å². The van der Waals surface area contributed by atoms with E-state index in [1.807, 2.05) is 24.3 Å². The molecule has 0 saturated heterocycles. The first-order chi connectivity index (χ1) is 10.1. The molecule has 4 rings (SSSR count). The Bertz CT molecular complexity index is 861. The number of anilines is 1. The topological polar surface area (TPSA) is 53.1 Å². The molecule has 0 fully saturated rings. The Morgan fingerprint density at radius 1 is 1.33 bits per heavy atom. The van der Waals surface area contributed by atoms with Gasteiger partial charge in [0.15, 0.2) is 0 Å². The number of nitrogens with two attached hydrogens (primary N) is 1. The van der Waals surface area contributed by atoms with Crippen LogP contribution in [0.25, 0.3) is 11.0 Å². The highest BCUT2D eigenvalue weighted by Gasteiger charge is 2.28. The van der Waals surface area contributed by atoms with Gasteiger partial charge < -0.3 is 10.5 Å². The number of benzene rings is 2. The smallest absolute Gasteiger partial charge is 0.201 e. The van der Waals surface area contributed by atoms with Gasteiger partial charge in [-0.3, -0.25) is 4.57 Å². The standard InChI is InChI=1S/C15H11ClFN3O/c16-9-5-11-12(6-10(9)17)20(15(18)19-11)13-7-21-14-4-2-1-3-8(13)14/h1-6,13H,7H2,(H2,18,19). The molecule has 2 aromatic carbocycles. The summed E-state index contributed by atoms with van der Waals surface area (Å²) in [5.41, 5.74) is 8.22. The maximum Gasteiger partial charge on any atom is 0.201 e. The van der Waals surface area contributed by atoms with Crippen LogP contribution in [0.4, 0.5) is 10.3 Å². The minimum atomic E-state index is -0.488. The number of hydrogen-bond acceptors (Lipinski definition) is 3. The van der Waals surface area contributed by atoms with Gasteiger partial charge in [-0.15, -0.1) is 0 Å². The Kier molecular flexibility index (Phi) is 2.59. The summed E-state index contributed by atoms with van der Waals surface area (Å²) in [5.74, 6) is 0.646. The number of hydrogen-bond donors (Lipinski definition) is 1. The summed E-state index contributed by atoms with van der Waals surface area (Å²) >= 11 is 5.80. The van der Waals surface area contributed by atoms with Crippen molar-refractivity contribution in [2.45, 2.75) is 6.04 Å². The molecule has 2 heterocycles. The minimum Gasteiger partial charge on any atom is -0.491 e. The average Bonchev–Trinajstić information content (AvgIpc) is 3.00. The van der Waals surface area contributed by atoms with Crippen LogP contribution in [-0.4, -0.2) is 16.2 Å². The quantitative estimate of drug-likeness (QED) is 0.749. The molecule has 0 bridgehead atoms. The predicted octanol–water partition coefficient (Wildman–Crippen LogP) is 3.39. The van der Waals surface area contributed by atoms with E-state index in [1.165, 1.54) is 12.1 Å². The van der Waals surface area contributed by atoms with E-state index in [-0.39, 0.29) is 11.1 Å². The lowest BCUT2D eigenvalue weighted by atomic mass is 10.1. The molecule has 6 heteroatoms. The summed E-state index contributed by atoms with van der Waals surface area (Å²) < 4.78 is 21.2. The maximum atomic E-state index is 13.8. The molecule has 0 saturated carbocycles. The molecule has 0 radical (unpaired) electrons. The van der Waals surface area contributed by atoms with Gasteiger partial charge in [-0.25, -0.2) is 9.37 Å². The van der Waals surface area contributed by atoms with Gasteiger partial charge in [0.1, 0.15) is 18.2 Å². The lowest BCUT2D eigenvalue weighted by Crippen LogP contribution is -2.14. The van der Waals surface area contributed by atoms with Crippen LogP contribution < -0.4 is 10.5 Å².